The molecule has 25 heavy (non-hydrogen) atoms. The van der Waals surface area contributed by atoms with Crippen LogP contribution in [0.25, 0.3) is 0 Å². The number of hydrogen-bond donors (Lipinski definition) is 1. The topological polar surface area (TPSA) is 52.6 Å². The van der Waals surface area contributed by atoms with E-state index in [0.717, 1.165) is 4.31 Å². The molecule has 1 unspecified atom stereocenters. The quantitative estimate of drug-likeness (QED) is 0.857. The van der Waals surface area contributed by atoms with Crippen LogP contribution in [0.4, 0.5) is 21.5 Å². The molecule has 1 aliphatic heterocycles. The average molecular weight is 386 g/mol. The Balaban J connectivity index is 0.00000225. The van der Waals surface area contributed by atoms with Gasteiger partial charge in [-0.05, 0) is 51.2 Å². The molecule has 2 aromatic carbocycles. The van der Waals surface area contributed by atoms with Crippen molar-refractivity contribution >= 4 is 39.7 Å². The first kappa shape index (κ1) is 19.5. The normalized spacial score (nSPS) is 16.3. The molecule has 5 nitrogen and oxygen atoms in total. The van der Waals surface area contributed by atoms with Crippen LogP contribution in [0, 0.1) is 5.82 Å². The maximum Gasteiger partial charge on any atom is 0.331 e. The van der Waals surface area contributed by atoms with E-state index in [9.17, 15) is 12.8 Å². The molecule has 2 aromatic rings. The number of nitrogens with one attached hydrogen (secondary N) is 1. The molecule has 136 valence electrons. The van der Waals surface area contributed by atoms with Crippen molar-refractivity contribution in [1.29, 1.82) is 0 Å². The highest BCUT2D eigenvalue weighted by atomic mass is 35.5. The number of rotatable bonds is 5. The van der Waals surface area contributed by atoms with Crippen molar-refractivity contribution in [2.24, 2.45) is 0 Å². The summed E-state index contributed by atoms with van der Waals surface area (Å²) in [4.78, 5) is 0. The second-order valence-corrected chi connectivity index (χ2v) is 7.40. The second kappa shape index (κ2) is 7.59. The van der Waals surface area contributed by atoms with Gasteiger partial charge in [0.2, 0.25) is 0 Å². The summed E-state index contributed by atoms with van der Waals surface area (Å²) < 4.78 is 43.1. The van der Waals surface area contributed by atoms with Gasteiger partial charge in [0, 0.05) is 6.04 Å². The molecule has 0 bridgehead atoms. The van der Waals surface area contributed by atoms with E-state index in [4.69, 9.17) is 0 Å². The van der Waals surface area contributed by atoms with E-state index in [1.807, 2.05) is 14.0 Å². The zero-order valence-electron chi connectivity index (χ0n) is 14.0. The van der Waals surface area contributed by atoms with Crippen LogP contribution in [-0.4, -0.2) is 28.1 Å². The predicted molar refractivity (Wildman–Crippen MR) is 102 cm³/mol. The van der Waals surface area contributed by atoms with Crippen LogP contribution >= 0.6 is 12.4 Å². The van der Waals surface area contributed by atoms with Gasteiger partial charge in [-0.25, -0.2) is 13.0 Å². The summed E-state index contributed by atoms with van der Waals surface area (Å²) in [7, 11) is -2.07. The number of para-hydroxylation sites is 3. The minimum atomic E-state index is -3.89. The van der Waals surface area contributed by atoms with Gasteiger partial charge in [-0.3, -0.25) is 0 Å². The zero-order valence-corrected chi connectivity index (χ0v) is 15.6. The first-order chi connectivity index (χ1) is 11.5. The van der Waals surface area contributed by atoms with Crippen LogP contribution in [0.1, 0.15) is 13.3 Å². The Morgan fingerprint density at radius 2 is 1.60 bits per heavy atom. The molecule has 0 aliphatic carbocycles. The fourth-order valence-corrected chi connectivity index (χ4v) is 4.90. The van der Waals surface area contributed by atoms with Crippen molar-refractivity contribution in [1.82, 2.24) is 5.32 Å². The third-order valence-corrected chi connectivity index (χ3v) is 6.01. The molecular weight excluding hydrogens is 365 g/mol. The zero-order chi connectivity index (χ0) is 17.3. The number of benzene rings is 2. The fourth-order valence-electron chi connectivity index (χ4n) is 2.96. The highest BCUT2D eigenvalue weighted by molar-refractivity contribution is 7.95. The Bertz CT molecular complexity index is 847. The third kappa shape index (κ3) is 3.31. The maximum atomic E-state index is 14.3. The van der Waals surface area contributed by atoms with Gasteiger partial charge in [0.1, 0.15) is 5.82 Å². The van der Waals surface area contributed by atoms with Gasteiger partial charge in [0.05, 0.1) is 17.1 Å². The standard InChI is InChI=1S/C17H20FN3O2S.ClH/c1-13(11-12-19-2)20-16-9-5-6-10-17(16)21(24(20,22)23)15-8-4-3-7-14(15)18;/h3-10,13,19H,11-12H2,1-2H3;1H. The van der Waals surface area contributed by atoms with Gasteiger partial charge in [0.15, 0.2) is 0 Å². The van der Waals surface area contributed by atoms with Crippen LogP contribution < -0.4 is 13.9 Å². The molecule has 3 rings (SSSR count). The summed E-state index contributed by atoms with van der Waals surface area (Å²) in [6.07, 6.45) is 0.648. The van der Waals surface area contributed by atoms with Gasteiger partial charge in [-0.2, -0.15) is 8.42 Å². The summed E-state index contributed by atoms with van der Waals surface area (Å²) in [6.45, 7) is 2.55. The van der Waals surface area contributed by atoms with Gasteiger partial charge in [-0.15, -0.1) is 12.4 Å². The summed E-state index contributed by atoms with van der Waals surface area (Å²) in [5, 5.41) is 3.03. The molecule has 0 spiro atoms. The van der Waals surface area contributed by atoms with Crippen molar-refractivity contribution in [3.05, 3.63) is 54.3 Å². The van der Waals surface area contributed by atoms with Gasteiger partial charge in [0.25, 0.3) is 0 Å². The minimum Gasteiger partial charge on any atom is -0.320 e. The van der Waals surface area contributed by atoms with Gasteiger partial charge < -0.3 is 5.32 Å². The largest absolute Gasteiger partial charge is 0.331 e. The third-order valence-electron chi connectivity index (χ3n) is 4.10. The van der Waals surface area contributed by atoms with Crippen LogP contribution in [0.2, 0.25) is 0 Å². The first-order valence-electron chi connectivity index (χ1n) is 7.81. The molecule has 0 fully saturated rings. The monoisotopic (exact) mass is 385 g/mol. The molecule has 0 aromatic heterocycles. The first-order valence-corrected chi connectivity index (χ1v) is 9.21. The summed E-state index contributed by atoms with van der Waals surface area (Å²) in [5.74, 6) is -0.569. The second-order valence-electron chi connectivity index (χ2n) is 5.75. The number of anilines is 3. The fraction of sp³-hybridized carbons (Fsp3) is 0.294. The Morgan fingerprint density at radius 3 is 2.20 bits per heavy atom. The molecule has 8 heteroatoms. The molecular formula is C17H21ClFN3O2S. The smallest absolute Gasteiger partial charge is 0.320 e. The number of halogens is 2. The Hall–Kier alpha value is -1.83. The summed E-state index contributed by atoms with van der Waals surface area (Å²) >= 11 is 0. The summed E-state index contributed by atoms with van der Waals surface area (Å²) in [6, 6.07) is 12.7. The highest BCUT2D eigenvalue weighted by Gasteiger charge is 2.44. The molecule has 1 aliphatic rings. The van der Waals surface area contributed by atoms with E-state index < -0.39 is 16.0 Å². The van der Waals surface area contributed by atoms with Crippen molar-refractivity contribution in [3.63, 3.8) is 0 Å². The Morgan fingerprint density at radius 1 is 1.04 bits per heavy atom. The van der Waals surface area contributed by atoms with Crippen LogP contribution in [0.5, 0.6) is 0 Å². The number of hydrogen-bond acceptors (Lipinski definition) is 3. The van der Waals surface area contributed by atoms with E-state index in [1.54, 1.807) is 36.4 Å². The number of fused-ring (bicyclic) bond motifs is 1. The van der Waals surface area contributed by atoms with Crippen molar-refractivity contribution in [2.45, 2.75) is 19.4 Å². The van der Waals surface area contributed by atoms with E-state index in [0.29, 0.717) is 24.3 Å². The van der Waals surface area contributed by atoms with Gasteiger partial charge in [-0.1, -0.05) is 24.3 Å². The lowest BCUT2D eigenvalue weighted by molar-refractivity contribution is 0.569. The molecule has 0 amide bonds. The Labute approximate surface area is 154 Å². The van der Waals surface area contributed by atoms with E-state index in [1.165, 1.54) is 16.4 Å². The van der Waals surface area contributed by atoms with Crippen LogP contribution in [-0.2, 0) is 10.2 Å². The van der Waals surface area contributed by atoms with Crippen LogP contribution in [0.15, 0.2) is 48.5 Å². The van der Waals surface area contributed by atoms with Gasteiger partial charge >= 0.3 is 10.2 Å². The maximum absolute atomic E-state index is 14.3. The SMILES string of the molecule is CNCCC(C)N1c2ccccc2N(c2ccccc2F)S1(=O)=O.Cl. The van der Waals surface area contributed by atoms with Crippen molar-refractivity contribution < 1.29 is 12.8 Å². The van der Waals surface area contributed by atoms with E-state index >= 15 is 0 Å². The molecule has 0 saturated carbocycles. The van der Waals surface area contributed by atoms with Crippen molar-refractivity contribution in [2.75, 3.05) is 22.2 Å². The predicted octanol–water partition coefficient (Wildman–Crippen LogP) is 3.45. The lowest BCUT2D eigenvalue weighted by Gasteiger charge is -2.27. The van der Waals surface area contributed by atoms with E-state index in [-0.39, 0.29) is 24.1 Å². The summed E-state index contributed by atoms with van der Waals surface area (Å²) in [5.41, 5.74) is 1.08. The minimum absolute atomic E-state index is 0. The molecule has 1 N–H and O–H groups in total. The van der Waals surface area contributed by atoms with Crippen molar-refractivity contribution in [3.8, 4) is 0 Å². The molecule has 0 saturated heterocycles. The van der Waals surface area contributed by atoms with Crippen LogP contribution in [0.3, 0.4) is 0 Å². The Kier molecular flexibility index (Phi) is 5.92. The molecule has 1 atom stereocenters. The lowest BCUT2D eigenvalue weighted by atomic mass is 10.2. The molecule has 0 radical (unpaired) electrons. The lowest BCUT2D eigenvalue weighted by Crippen LogP contribution is -2.42. The highest BCUT2D eigenvalue weighted by Crippen LogP contribution is 2.46. The van der Waals surface area contributed by atoms with E-state index in [2.05, 4.69) is 5.32 Å². The average Bonchev–Trinajstić information content (AvgIpc) is 2.79. The molecule has 1 heterocycles. The number of nitrogens with zero attached hydrogens (tertiary/aromatic N) is 2.